The van der Waals surface area contributed by atoms with E-state index >= 15 is 0 Å². The van der Waals surface area contributed by atoms with Crippen LogP contribution in [0.4, 0.5) is 0 Å². The fraction of sp³-hybridized carbons (Fsp3) is 0. The first-order valence-electron chi connectivity index (χ1n) is 6.18. The van der Waals surface area contributed by atoms with Gasteiger partial charge in [-0.1, -0.05) is 30.3 Å². The molecule has 4 nitrogen and oxygen atoms in total. The molecule has 3 rings (SSSR count). The summed E-state index contributed by atoms with van der Waals surface area (Å²) >= 11 is 0. The van der Waals surface area contributed by atoms with Gasteiger partial charge < -0.3 is 10.1 Å². The molecule has 1 heterocycles. The Labute approximate surface area is 115 Å². The molecule has 0 unspecified atom stereocenters. The Bertz CT molecular complexity index is 850. The number of H-pyrrole nitrogens is 1. The Morgan fingerprint density at radius 1 is 1.05 bits per heavy atom. The Balaban J connectivity index is 2.01. The van der Waals surface area contributed by atoms with Gasteiger partial charge in [0.1, 0.15) is 11.6 Å². The van der Waals surface area contributed by atoms with Crippen molar-refractivity contribution in [2.24, 2.45) is 0 Å². The lowest BCUT2D eigenvalue weighted by Gasteiger charge is -1.99. The molecule has 4 heteroatoms. The number of aromatic amines is 1. The van der Waals surface area contributed by atoms with E-state index in [4.69, 9.17) is 0 Å². The molecule has 2 N–H and O–H groups in total. The number of nitrogens with one attached hydrogen (secondary N) is 1. The maximum absolute atomic E-state index is 11.9. The molecule has 0 radical (unpaired) electrons. The Morgan fingerprint density at radius 3 is 2.75 bits per heavy atom. The number of aromatic nitrogens is 2. The van der Waals surface area contributed by atoms with Crippen LogP contribution in [-0.2, 0) is 0 Å². The second kappa shape index (κ2) is 5.01. The maximum atomic E-state index is 11.9. The predicted octanol–water partition coefficient (Wildman–Crippen LogP) is 2.80. The van der Waals surface area contributed by atoms with E-state index in [2.05, 4.69) is 9.97 Å². The molecule has 20 heavy (non-hydrogen) atoms. The number of hydrogen-bond donors (Lipinski definition) is 2. The van der Waals surface area contributed by atoms with Gasteiger partial charge >= 0.3 is 0 Å². The minimum absolute atomic E-state index is 0.161. The van der Waals surface area contributed by atoms with E-state index < -0.39 is 0 Å². The van der Waals surface area contributed by atoms with Crippen molar-refractivity contribution in [3.8, 4) is 5.75 Å². The monoisotopic (exact) mass is 264 g/mol. The number of para-hydroxylation sites is 1. The third-order valence-corrected chi connectivity index (χ3v) is 2.94. The summed E-state index contributed by atoms with van der Waals surface area (Å²) in [5.41, 5.74) is 1.33. The summed E-state index contributed by atoms with van der Waals surface area (Å²) in [5.74, 6) is 0.684. The van der Waals surface area contributed by atoms with Crippen LogP contribution < -0.4 is 5.56 Å². The highest BCUT2D eigenvalue weighted by atomic mass is 16.3. The zero-order valence-electron chi connectivity index (χ0n) is 10.6. The van der Waals surface area contributed by atoms with Gasteiger partial charge in [-0.05, 0) is 35.9 Å². The van der Waals surface area contributed by atoms with Crippen molar-refractivity contribution in [3.05, 3.63) is 70.3 Å². The molecule has 0 aliphatic heterocycles. The van der Waals surface area contributed by atoms with Crippen LogP contribution in [0.1, 0.15) is 11.4 Å². The lowest BCUT2D eigenvalue weighted by Crippen LogP contribution is -2.09. The summed E-state index contributed by atoms with van der Waals surface area (Å²) in [6.07, 6.45) is 3.50. The number of hydrogen-bond acceptors (Lipinski definition) is 3. The molecule has 0 spiro atoms. The molecule has 0 saturated carbocycles. The van der Waals surface area contributed by atoms with Gasteiger partial charge in [0.15, 0.2) is 0 Å². The van der Waals surface area contributed by atoms with Crippen molar-refractivity contribution in [2.75, 3.05) is 0 Å². The lowest BCUT2D eigenvalue weighted by atomic mass is 10.2. The van der Waals surface area contributed by atoms with E-state index in [1.165, 1.54) is 0 Å². The summed E-state index contributed by atoms with van der Waals surface area (Å²) in [6.45, 7) is 0. The third-order valence-electron chi connectivity index (χ3n) is 2.94. The highest BCUT2D eigenvalue weighted by Crippen LogP contribution is 2.13. The molecule has 2 aromatic carbocycles. The van der Waals surface area contributed by atoms with Crippen molar-refractivity contribution in [1.82, 2.24) is 9.97 Å². The van der Waals surface area contributed by atoms with E-state index in [1.807, 2.05) is 18.2 Å². The highest BCUT2D eigenvalue weighted by Gasteiger charge is 2.00. The van der Waals surface area contributed by atoms with E-state index in [1.54, 1.807) is 42.5 Å². The van der Waals surface area contributed by atoms with Crippen LogP contribution in [0.15, 0.2) is 53.3 Å². The second-order valence-electron chi connectivity index (χ2n) is 4.40. The van der Waals surface area contributed by atoms with Gasteiger partial charge in [0.2, 0.25) is 0 Å². The number of aromatic hydroxyl groups is 1. The number of nitrogens with zero attached hydrogens (tertiary/aromatic N) is 1. The van der Waals surface area contributed by atoms with Gasteiger partial charge in [0, 0.05) is 0 Å². The number of fused-ring (bicyclic) bond motifs is 1. The van der Waals surface area contributed by atoms with Crippen LogP contribution in [-0.4, -0.2) is 15.1 Å². The number of phenolic OH excluding ortho intramolecular Hbond substituents is 1. The Kier molecular flexibility index (Phi) is 3.05. The molecule has 0 saturated heterocycles. The van der Waals surface area contributed by atoms with Gasteiger partial charge in [0.25, 0.3) is 5.56 Å². The van der Waals surface area contributed by atoms with Gasteiger partial charge in [-0.25, -0.2) is 4.98 Å². The van der Waals surface area contributed by atoms with E-state index in [0.717, 1.165) is 5.56 Å². The van der Waals surface area contributed by atoms with Gasteiger partial charge in [-0.15, -0.1) is 0 Å². The average molecular weight is 264 g/mol. The molecular formula is C16H12N2O2. The molecule has 0 fully saturated rings. The van der Waals surface area contributed by atoms with E-state index in [-0.39, 0.29) is 11.3 Å². The van der Waals surface area contributed by atoms with E-state index in [0.29, 0.717) is 16.7 Å². The normalized spacial score (nSPS) is 11.2. The maximum Gasteiger partial charge on any atom is 0.259 e. The molecule has 0 atom stereocenters. The van der Waals surface area contributed by atoms with Crippen LogP contribution in [0.3, 0.4) is 0 Å². The first-order chi connectivity index (χ1) is 9.72. The van der Waals surface area contributed by atoms with Crippen molar-refractivity contribution in [1.29, 1.82) is 0 Å². The molecule has 3 aromatic rings. The van der Waals surface area contributed by atoms with Gasteiger partial charge in [0.05, 0.1) is 10.9 Å². The summed E-state index contributed by atoms with van der Waals surface area (Å²) < 4.78 is 0. The smallest absolute Gasteiger partial charge is 0.259 e. The SMILES string of the molecule is O=c1[nH]c(/C=C/c2cccc(O)c2)nc2ccccc12. The first kappa shape index (κ1) is 12.2. The summed E-state index contributed by atoms with van der Waals surface area (Å²) in [4.78, 5) is 19.0. The van der Waals surface area contributed by atoms with Crippen LogP contribution >= 0.6 is 0 Å². The predicted molar refractivity (Wildman–Crippen MR) is 79.4 cm³/mol. The largest absolute Gasteiger partial charge is 0.508 e. The van der Waals surface area contributed by atoms with Crippen molar-refractivity contribution < 1.29 is 5.11 Å². The standard InChI is InChI=1S/C16H12N2O2/c19-12-5-3-4-11(10-12)8-9-15-17-14-7-2-1-6-13(14)16(20)18-15/h1-10,19H,(H,17,18,20)/b9-8+. The van der Waals surface area contributed by atoms with Gasteiger partial charge in [-0.2, -0.15) is 0 Å². The van der Waals surface area contributed by atoms with Crippen molar-refractivity contribution >= 4 is 23.1 Å². The average Bonchev–Trinajstić information content (AvgIpc) is 2.45. The van der Waals surface area contributed by atoms with E-state index in [9.17, 15) is 9.90 Å². The van der Waals surface area contributed by atoms with Crippen LogP contribution in [0.2, 0.25) is 0 Å². The van der Waals surface area contributed by atoms with Crippen molar-refractivity contribution in [3.63, 3.8) is 0 Å². The summed E-state index contributed by atoms with van der Waals surface area (Å²) in [7, 11) is 0. The minimum Gasteiger partial charge on any atom is -0.508 e. The van der Waals surface area contributed by atoms with Crippen LogP contribution in [0.5, 0.6) is 5.75 Å². The topological polar surface area (TPSA) is 66.0 Å². The fourth-order valence-corrected chi connectivity index (χ4v) is 1.99. The number of rotatable bonds is 2. The second-order valence-corrected chi connectivity index (χ2v) is 4.40. The minimum atomic E-state index is -0.161. The molecule has 0 aliphatic carbocycles. The Morgan fingerprint density at radius 2 is 1.90 bits per heavy atom. The fourth-order valence-electron chi connectivity index (χ4n) is 1.99. The van der Waals surface area contributed by atoms with Crippen LogP contribution in [0, 0.1) is 0 Å². The zero-order chi connectivity index (χ0) is 13.9. The number of benzene rings is 2. The third kappa shape index (κ3) is 2.44. The first-order valence-corrected chi connectivity index (χ1v) is 6.18. The molecule has 0 bridgehead atoms. The summed E-state index contributed by atoms with van der Waals surface area (Å²) in [6, 6.07) is 14.0. The molecule has 0 amide bonds. The van der Waals surface area contributed by atoms with Crippen LogP contribution in [0.25, 0.3) is 23.1 Å². The molecule has 98 valence electrons. The van der Waals surface area contributed by atoms with Crippen molar-refractivity contribution in [2.45, 2.75) is 0 Å². The molecule has 0 aliphatic rings. The highest BCUT2D eigenvalue weighted by molar-refractivity contribution is 5.79. The summed E-state index contributed by atoms with van der Waals surface area (Å²) in [5, 5.41) is 9.96. The molecular weight excluding hydrogens is 252 g/mol. The zero-order valence-corrected chi connectivity index (χ0v) is 10.6. The van der Waals surface area contributed by atoms with Gasteiger partial charge in [-0.3, -0.25) is 4.79 Å². The number of phenols is 1. The quantitative estimate of drug-likeness (QED) is 0.748. The Hall–Kier alpha value is -2.88. The molecule has 1 aromatic heterocycles. The lowest BCUT2D eigenvalue weighted by molar-refractivity contribution is 0.475.